The van der Waals surface area contributed by atoms with Crippen LogP contribution in [0.5, 0.6) is 0 Å². The molecule has 24 heavy (non-hydrogen) atoms. The third kappa shape index (κ3) is 5.03. The van der Waals surface area contributed by atoms with Crippen LogP contribution in [0.25, 0.3) is 0 Å². The standard InChI is InChI=1S/C17H24BrN3O3/c1-11-9-13(18)3-4-14(11)20-15(22)10-21(2)17(23)16(19)12-5-7-24-8-6-12/h3-4,9,12,16H,5-8,10,19H2,1-2H3,(H,20,22). The van der Waals surface area contributed by atoms with E-state index in [1.165, 1.54) is 4.90 Å². The predicted molar refractivity (Wildman–Crippen MR) is 96.7 cm³/mol. The van der Waals surface area contributed by atoms with Crippen molar-refractivity contribution in [2.24, 2.45) is 11.7 Å². The first-order valence-corrected chi connectivity index (χ1v) is 8.82. The van der Waals surface area contributed by atoms with Crippen LogP contribution in [0.3, 0.4) is 0 Å². The van der Waals surface area contributed by atoms with Crippen LogP contribution < -0.4 is 11.1 Å². The van der Waals surface area contributed by atoms with E-state index >= 15 is 0 Å². The number of nitrogens with one attached hydrogen (secondary N) is 1. The lowest BCUT2D eigenvalue weighted by molar-refractivity contribution is -0.136. The summed E-state index contributed by atoms with van der Waals surface area (Å²) in [6.07, 6.45) is 1.57. The number of likely N-dealkylation sites (N-methyl/N-ethyl adjacent to an activating group) is 1. The molecule has 0 spiro atoms. The predicted octanol–water partition coefficient (Wildman–Crippen LogP) is 1.91. The Bertz CT molecular complexity index is 603. The van der Waals surface area contributed by atoms with Gasteiger partial charge in [0, 0.05) is 30.4 Å². The molecule has 1 atom stereocenters. The number of halogens is 1. The quantitative estimate of drug-likeness (QED) is 0.794. The van der Waals surface area contributed by atoms with Gasteiger partial charge in [-0.05, 0) is 49.4 Å². The molecule has 0 aliphatic carbocycles. The van der Waals surface area contributed by atoms with Crippen molar-refractivity contribution in [3.8, 4) is 0 Å². The van der Waals surface area contributed by atoms with E-state index in [9.17, 15) is 9.59 Å². The summed E-state index contributed by atoms with van der Waals surface area (Å²) >= 11 is 3.39. The number of carbonyl (C=O) groups is 2. The molecule has 0 bridgehead atoms. The Labute approximate surface area is 150 Å². The average molecular weight is 398 g/mol. The summed E-state index contributed by atoms with van der Waals surface area (Å²) in [5, 5.41) is 2.83. The molecule has 2 amide bonds. The van der Waals surface area contributed by atoms with Crippen molar-refractivity contribution in [3.05, 3.63) is 28.2 Å². The summed E-state index contributed by atoms with van der Waals surface area (Å²) < 4.78 is 6.24. The van der Waals surface area contributed by atoms with Crippen LogP contribution in [-0.4, -0.2) is 49.6 Å². The Morgan fingerprint density at radius 3 is 2.71 bits per heavy atom. The highest BCUT2D eigenvalue weighted by atomic mass is 79.9. The Morgan fingerprint density at radius 2 is 2.08 bits per heavy atom. The van der Waals surface area contributed by atoms with Crippen LogP contribution in [0.2, 0.25) is 0 Å². The van der Waals surface area contributed by atoms with Gasteiger partial charge in [0.25, 0.3) is 0 Å². The maximum atomic E-state index is 12.4. The second-order valence-electron chi connectivity index (χ2n) is 6.18. The largest absolute Gasteiger partial charge is 0.381 e. The van der Waals surface area contributed by atoms with Gasteiger partial charge in [-0.3, -0.25) is 9.59 Å². The number of rotatable bonds is 5. The van der Waals surface area contributed by atoms with E-state index in [1.807, 2.05) is 25.1 Å². The fourth-order valence-electron chi connectivity index (χ4n) is 2.78. The first-order valence-electron chi connectivity index (χ1n) is 8.03. The number of anilines is 1. The molecule has 0 radical (unpaired) electrons. The van der Waals surface area contributed by atoms with Gasteiger partial charge in [0.05, 0.1) is 12.6 Å². The topological polar surface area (TPSA) is 84.7 Å². The van der Waals surface area contributed by atoms with Crippen molar-refractivity contribution in [1.29, 1.82) is 0 Å². The lowest BCUT2D eigenvalue weighted by Gasteiger charge is -2.29. The van der Waals surface area contributed by atoms with Crippen molar-refractivity contribution in [2.75, 3.05) is 32.1 Å². The maximum absolute atomic E-state index is 12.4. The molecule has 1 aromatic rings. The van der Waals surface area contributed by atoms with Gasteiger partial charge in [0.1, 0.15) is 0 Å². The molecule has 2 rings (SSSR count). The number of hydrogen-bond donors (Lipinski definition) is 2. The molecular weight excluding hydrogens is 374 g/mol. The van der Waals surface area contributed by atoms with Crippen molar-refractivity contribution in [3.63, 3.8) is 0 Å². The van der Waals surface area contributed by atoms with E-state index in [2.05, 4.69) is 21.2 Å². The van der Waals surface area contributed by atoms with Gasteiger partial charge in [0.2, 0.25) is 11.8 Å². The highest BCUT2D eigenvalue weighted by molar-refractivity contribution is 9.10. The SMILES string of the molecule is Cc1cc(Br)ccc1NC(=O)CN(C)C(=O)C(N)C1CCOCC1. The molecule has 132 valence electrons. The van der Waals surface area contributed by atoms with Gasteiger partial charge in [-0.25, -0.2) is 0 Å². The monoisotopic (exact) mass is 397 g/mol. The molecule has 1 aliphatic heterocycles. The molecule has 1 fully saturated rings. The smallest absolute Gasteiger partial charge is 0.243 e. The Balaban J connectivity index is 1.89. The fourth-order valence-corrected chi connectivity index (χ4v) is 3.26. The van der Waals surface area contributed by atoms with Crippen LogP contribution in [-0.2, 0) is 14.3 Å². The van der Waals surface area contributed by atoms with Crippen LogP contribution in [0.4, 0.5) is 5.69 Å². The van der Waals surface area contributed by atoms with E-state index in [-0.39, 0.29) is 24.3 Å². The highest BCUT2D eigenvalue weighted by Crippen LogP contribution is 2.20. The number of benzene rings is 1. The van der Waals surface area contributed by atoms with Crippen molar-refractivity contribution < 1.29 is 14.3 Å². The van der Waals surface area contributed by atoms with E-state index in [0.717, 1.165) is 28.6 Å². The van der Waals surface area contributed by atoms with E-state index in [1.54, 1.807) is 7.05 Å². The van der Waals surface area contributed by atoms with Gasteiger partial charge < -0.3 is 20.7 Å². The third-order valence-electron chi connectivity index (χ3n) is 4.28. The summed E-state index contributed by atoms with van der Waals surface area (Å²) in [5.41, 5.74) is 7.76. The van der Waals surface area contributed by atoms with Gasteiger partial charge in [-0.15, -0.1) is 0 Å². The molecule has 7 heteroatoms. The Kier molecular flexibility index (Phi) is 6.77. The minimum absolute atomic E-state index is 0.0226. The second kappa shape index (κ2) is 8.60. The molecule has 0 aromatic heterocycles. The molecule has 0 saturated carbocycles. The fraction of sp³-hybridized carbons (Fsp3) is 0.529. The van der Waals surface area contributed by atoms with Gasteiger partial charge in [0.15, 0.2) is 0 Å². The van der Waals surface area contributed by atoms with Crippen molar-refractivity contribution in [2.45, 2.75) is 25.8 Å². The first kappa shape index (κ1) is 18.9. The number of ether oxygens (including phenoxy) is 1. The normalized spacial score (nSPS) is 16.5. The van der Waals surface area contributed by atoms with Crippen LogP contribution in [0.15, 0.2) is 22.7 Å². The zero-order chi connectivity index (χ0) is 17.7. The van der Waals surface area contributed by atoms with E-state index < -0.39 is 6.04 Å². The summed E-state index contributed by atoms with van der Waals surface area (Å²) in [4.78, 5) is 26.0. The van der Waals surface area contributed by atoms with Crippen LogP contribution in [0.1, 0.15) is 18.4 Å². The molecule has 1 aromatic carbocycles. The molecular formula is C17H24BrN3O3. The lowest BCUT2D eigenvalue weighted by Crippen LogP contribution is -2.49. The second-order valence-corrected chi connectivity index (χ2v) is 7.09. The number of aryl methyl sites for hydroxylation is 1. The number of carbonyl (C=O) groups excluding carboxylic acids is 2. The van der Waals surface area contributed by atoms with Gasteiger partial charge in [-0.1, -0.05) is 15.9 Å². The van der Waals surface area contributed by atoms with Crippen molar-refractivity contribution in [1.82, 2.24) is 4.90 Å². The zero-order valence-electron chi connectivity index (χ0n) is 14.0. The summed E-state index contributed by atoms with van der Waals surface area (Å²) in [6, 6.07) is 5.03. The third-order valence-corrected chi connectivity index (χ3v) is 4.77. The summed E-state index contributed by atoms with van der Waals surface area (Å²) in [6.45, 7) is 3.17. The molecule has 3 N–H and O–H groups in total. The average Bonchev–Trinajstić information content (AvgIpc) is 2.56. The van der Waals surface area contributed by atoms with Gasteiger partial charge >= 0.3 is 0 Å². The minimum Gasteiger partial charge on any atom is -0.381 e. The highest BCUT2D eigenvalue weighted by Gasteiger charge is 2.29. The summed E-state index contributed by atoms with van der Waals surface area (Å²) in [7, 11) is 1.61. The molecule has 1 aliphatic rings. The Morgan fingerprint density at radius 1 is 1.42 bits per heavy atom. The Hall–Kier alpha value is -1.44. The summed E-state index contributed by atoms with van der Waals surface area (Å²) in [5.74, 6) is -0.328. The van der Waals surface area contributed by atoms with Crippen LogP contribution in [0, 0.1) is 12.8 Å². The number of nitrogens with two attached hydrogens (primary N) is 1. The molecule has 1 saturated heterocycles. The molecule has 6 nitrogen and oxygen atoms in total. The maximum Gasteiger partial charge on any atom is 0.243 e. The molecule has 1 unspecified atom stereocenters. The van der Waals surface area contributed by atoms with Crippen LogP contribution >= 0.6 is 15.9 Å². The lowest BCUT2D eigenvalue weighted by atomic mass is 9.91. The number of amides is 2. The zero-order valence-corrected chi connectivity index (χ0v) is 15.6. The first-order chi connectivity index (χ1) is 11.4. The minimum atomic E-state index is -0.582. The van der Waals surface area contributed by atoms with Gasteiger partial charge in [-0.2, -0.15) is 0 Å². The number of nitrogens with zero attached hydrogens (tertiary/aromatic N) is 1. The van der Waals surface area contributed by atoms with E-state index in [4.69, 9.17) is 10.5 Å². The number of hydrogen-bond acceptors (Lipinski definition) is 4. The molecule has 1 heterocycles. The van der Waals surface area contributed by atoms with Crippen molar-refractivity contribution >= 4 is 33.4 Å². The van der Waals surface area contributed by atoms with E-state index in [0.29, 0.717) is 13.2 Å².